The molecule has 0 bridgehead atoms. The van der Waals surface area contributed by atoms with E-state index in [-0.39, 0.29) is 16.7 Å². The first-order valence-electron chi connectivity index (χ1n) is 6.01. The van der Waals surface area contributed by atoms with Gasteiger partial charge in [-0.05, 0) is 32.9 Å². The fourth-order valence-electron chi connectivity index (χ4n) is 1.76. The first-order valence-corrected chi connectivity index (χ1v) is 6.01. The zero-order valence-electron chi connectivity index (χ0n) is 11.5. The van der Waals surface area contributed by atoms with Crippen molar-refractivity contribution >= 4 is 17.0 Å². The van der Waals surface area contributed by atoms with E-state index in [9.17, 15) is 23.1 Å². The lowest BCUT2D eigenvalue weighted by Crippen LogP contribution is -2.28. The molecule has 0 spiro atoms. The minimum Gasteiger partial charge on any atom is -0.508 e. The highest BCUT2D eigenvalue weighted by Gasteiger charge is 2.38. The van der Waals surface area contributed by atoms with Crippen LogP contribution < -0.4 is 0 Å². The summed E-state index contributed by atoms with van der Waals surface area (Å²) in [5.74, 6) is -0.277. The average molecular weight is 302 g/mol. The Kier molecular flexibility index (Phi) is 3.35. The molecule has 0 saturated carbocycles. The summed E-state index contributed by atoms with van der Waals surface area (Å²) in [4.78, 5) is 12.0. The molecule has 21 heavy (non-hydrogen) atoms. The fourth-order valence-corrected chi connectivity index (χ4v) is 1.76. The number of aromatic nitrogens is 2. The number of alkyl halides is 3. The number of hydrogen-bond donors (Lipinski definition) is 1. The second-order valence-electron chi connectivity index (χ2n) is 5.44. The number of carbonyl (C=O) groups is 1. The molecule has 0 unspecified atom stereocenters. The van der Waals surface area contributed by atoms with Crippen molar-refractivity contribution in [3.8, 4) is 5.75 Å². The van der Waals surface area contributed by atoms with Gasteiger partial charge in [-0.15, -0.1) is 0 Å². The monoisotopic (exact) mass is 302 g/mol. The molecule has 1 heterocycles. The quantitative estimate of drug-likeness (QED) is 0.808. The van der Waals surface area contributed by atoms with Crippen LogP contribution in [0.2, 0.25) is 0 Å². The number of aromatic hydroxyl groups is 1. The molecule has 0 aliphatic heterocycles. The van der Waals surface area contributed by atoms with Gasteiger partial charge in [0, 0.05) is 11.5 Å². The molecular weight excluding hydrogens is 289 g/mol. The summed E-state index contributed by atoms with van der Waals surface area (Å²) >= 11 is 0. The van der Waals surface area contributed by atoms with E-state index < -0.39 is 23.6 Å². The van der Waals surface area contributed by atoms with Gasteiger partial charge >= 0.3 is 12.3 Å². The molecule has 1 N–H and O–H groups in total. The molecule has 0 fully saturated rings. The molecule has 0 saturated heterocycles. The highest BCUT2D eigenvalue weighted by molar-refractivity contribution is 5.91. The zero-order valence-corrected chi connectivity index (χ0v) is 11.5. The summed E-state index contributed by atoms with van der Waals surface area (Å²) in [6.07, 6.45) is -5.77. The molecular formula is C13H13F3N2O3. The predicted octanol–water partition coefficient (Wildman–Crippen LogP) is 3.54. The molecule has 2 rings (SSSR count). The molecule has 5 nitrogen and oxygen atoms in total. The van der Waals surface area contributed by atoms with Gasteiger partial charge in [0.25, 0.3) is 0 Å². The Morgan fingerprint density at radius 1 is 1.29 bits per heavy atom. The van der Waals surface area contributed by atoms with Crippen molar-refractivity contribution in [2.75, 3.05) is 0 Å². The van der Waals surface area contributed by atoms with Crippen LogP contribution in [0.4, 0.5) is 18.0 Å². The maximum atomic E-state index is 12.9. The van der Waals surface area contributed by atoms with Crippen molar-refractivity contribution in [2.24, 2.45) is 0 Å². The van der Waals surface area contributed by atoms with E-state index in [1.54, 1.807) is 20.8 Å². The van der Waals surface area contributed by atoms with Gasteiger partial charge in [-0.1, -0.05) is 0 Å². The smallest absolute Gasteiger partial charge is 0.435 e. The Hall–Kier alpha value is -2.25. The van der Waals surface area contributed by atoms with Crippen LogP contribution in [0, 0.1) is 0 Å². The molecule has 0 aliphatic rings. The number of halogens is 3. The lowest BCUT2D eigenvalue weighted by atomic mass is 10.2. The number of fused-ring (bicyclic) bond motifs is 1. The highest BCUT2D eigenvalue weighted by Crippen LogP contribution is 2.35. The van der Waals surface area contributed by atoms with E-state index in [0.717, 1.165) is 18.2 Å². The van der Waals surface area contributed by atoms with Gasteiger partial charge in [0.2, 0.25) is 0 Å². The standard InChI is InChI=1S/C13H13F3N2O3/c1-12(2,3)21-11(20)18-9-6-7(19)4-5-8(9)10(17-18)13(14,15)16/h4-6,19H,1-3H3. The van der Waals surface area contributed by atoms with Gasteiger partial charge in [0.15, 0.2) is 5.69 Å². The van der Waals surface area contributed by atoms with E-state index in [1.165, 1.54) is 0 Å². The van der Waals surface area contributed by atoms with Gasteiger partial charge in [0.1, 0.15) is 11.4 Å². The van der Waals surface area contributed by atoms with Crippen LogP contribution in [0.25, 0.3) is 10.9 Å². The number of phenolic OH excluding ortho intramolecular Hbond substituents is 1. The van der Waals surface area contributed by atoms with Crippen LogP contribution in [-0.4, -0.2) is 26.6 Å². The molecule has 1 aromatic carbocycles. The minimum atomic E-state index is -4.72. The van der Waals surface area contributed by atoms with Gasteiger partial charge in [-0.2, -0.15) is 23.0 Å². The topological polar surface area (TPSA) is 64.4 Å². The number of nitrogens with zero attached hydrogens (tertiary/aromatic N) is 2. The van der Waals surface area contributed by atoms with E-state index in [4.69, 9.17) is 4.74 Å². The van der Waals surface area contributed by atoms with Crippen molar-refractivity contribution < 1.29 is 27.8 Å². The predicted molar refractivity (Wildman–Crippen MR) is 68.0 cm³/mol. The van der Waals surface area contributed by atoms with Gasteiger partial charge in [-0.25, -0.2) is 4.79 Å². The first-order chi connectivity index (χ1) is 9.49. The van der Waals surface area contributed by atoms with E-state index >= 15 is 0 Å². The summed E-state index contributed by atoms with van der Waals surface area (Å²) in [6, 6.07) is 3.18. The average Bonchev–Trinajstić information content (AvgIpc) is 2.64. The van der Waals surface area contributed by atoms with Crippen molar-refractivity contribution in [1.82, 2.24) is 9.78 Å². The third-order valence-electron chi connectivity index (χ3n) is 2.50. The number of benzene rings is 1. The van der Waals surface area contributed by atoms with Gasteiger partial charge in [0.05, 0.1) is 5.52 Å². The number of ether oxygens (including phenoxy) is 1. The van der Waals surface area contributed by atoms with Crippen molar-refractivity contribution in [3.63, 3.8) is 0 Å². The van der Waals surface area contributed by atoms with E-state index in [1.807, 2.05) is 0 Å². The van der Waals surface area contributed by atoms with E-state index in [0.29, 0.717) is 4.68 Å². The number of carbonyl (C=O) groups excluding carboxylic acids is 1. The first kappa shape index (κ1) is 15.1. The molecule has 8 heteroatoms. The number of rotatable bonds is 0. The summed E-state index contributed by atoms with van der Waals surface area (Å²) < 4.78 is 44.3. The zero-order chi connectivity index (χ0) is 16.0. The highest BCUT2D eigenvalue weighted by atomic mass is 19.4. The van der Waals surface area contributed by atoms with Crippen LogP contribution in [-0.2, 0) is 10.9 Å². The normalized spacial score (nSPS) is 12.7. The summed E-state index contributed by atoms with van der Waals surface area (Å²) in [5, 5.41) is 12.4. The largest absolute Gasteiger partial charge is 0.508 e. The molecule has 1 aromatic heterocycles. The molecule has 0 amide bonds. The number of phenols is 1. The van der Waals surface area contributed by atoms with Crippen molar-refractivity contribution in [1.29, 1.82) is 0 Å². The minimum absolute atomic E-state index is 0.170. The summed E-state index contributed by atoms with van der Waals surface area (Å²) in [6.45, 7) is 4.75. The lowest BCUT2D eigenvalue weighted by Gasteiger charge is -2.19. The van der Waals surface area contributed by atoms with Crippen LogP contribution >= 0.6 is 0 Å². The molecule has 0 radical (unpaired) electrons. The van der Waals surface area contributed by atoms with Crippen molar-refractivity contribution in [2.45, 2.75) is 32.5 Å². The molecule has 114 valence electrons. The third kappa shape index (κ3) is 3.09. The maximum absolute atomic E-state index is 12.9. The Morgan fingerprint density at radius 2 is 1.90 bits per heavy atom. The van der Waals surface area contributed by atoms with Gasteiger partial charge < -0.3 is 9.84 Å². The van der Waals surface area contributed by atoms with Crippen molar-refractivity contribution in [3.05, 3.63) is 23.9 Å². The Balaban J connectivity index is 2.64. The van der Waals surface area contributed by atoms with E-state index in [2.05, 4.69) is 5.10 Å². The fraction of sp³-hybridized carbons (Fsp3) is 0.385. The number of hydrogen-bond acceptors (Lipinski definition) is 4. The lowest BCUT2D eigenvalue weighted by molar-refractivity contribution is -0.140. The second-order valence-corrected chi connectivity index (χ2v) is 5.44. The van der Waals surface area contributed by atoms with Crippen LogP contribution in [0.5, 0.6) is 5.75 Å². The summed E-state index contributed by atoms with van der Waals surface area (Å²) in [7, 11) is 0. The van der Waals surface area contributed by atoms with Crippen LogP contribution in [0.15, 0.2) is 18.2 Å². The Labute approximate surface area is 117 Å². The summed E-state index contributed by atoms with van der Waals surface area (Å²) in [5.41, 5.74) is -2.26. The second kappa shape index (κ2) is 4.64. The molecule has 0 aliphatic carbocycles. The Morgan fingerprint density at radius 3 is 2.43 bits per heavy atom. The van der Waals surface area contributed by atoms with Gasteiger partial charge in [-0.3, -0.25) is 0 Å². The maximum Gasteiger partial charge on any atom is 0.435 e. The molecule has 0 atom stereocenters. The third-order valence-corrected chi connectivity index (χ3v) is 2.50. The van der Waals surface area contributed by atoms with Crippen LogP contribution in [0.3, 0.4) is 0 Å². The molecule has 2 aromatic rings. The van der Waals surface area contributed by atoms with Crippen LogP contribution in [0.1, 0.15) is 26.5 Å². The SMILES string of the molecule is CC(C)(C)OC(=O)n1nc(C(F)(F)F)c2ccc(O)cc21. The Bertz CT molecular complexity index is 699.